The lowest BCUT2D eigenvalue weighted by Crippen LogP contribution is -2.22. The second-order valence-corrected chi connectivity index (χ2v) is 7.48. The second-order valence-electron chi connectivity index (χ2n) is 7.48. The van der Waals surface area contributed by atoms with Gasteiger partial charge in [0.05, 0.1) is 16.8 Å². The van der Waals surface area contributed by atoms with Crippen LogP contribution in [0.1, 0.15) is 43.1 Å². The molecular formula is C20H20F4N2O2. The zero-order valence-corrected chi connectivity index (χ0v) is 15.6. The summed E-state index contributed by atoms with van der Waals surface area (Å²) in [4.78, 5) is 24.1. The first kappa shape index (κ1) is 21.4. The maximum absolute atomic E-state index is 13.7. The molecule has 150 valence electrons. The van der Waals surface area contributed by atoms with E-state index in [9.17, 15) is 27.2 Å². The molecule has 2 aromatic carbocycles. The van der Waals surface area contributed by atoms with E-state index in [1.807, 2.05) is 0 Å². The van der Waals surface area contributed by atoms with Gasteiger partial charge >= 0.3 is 6.18 Å². The molecule has 0 heterocycles. The molecule has 28 heavy (non-hydrogen) atoms. The van der Waals surface area contributed by atoms with Crippen LogP contribution >= 0.6 is 0 Å². The van der Waals surface area contributed by atoms with E-state index in [-0.39, 0.29) is 17.7 Å². The van der Waals surface area contributed by atoms with Crippen LogP contribution in [0.3, 0.4) is 0 Å². The van der Waals surface area contributed by atoms with Crippen molar-refractivity contribution in [3.63, 3.8) is 0 Å². The molecule has 2 N–H and O–H groups in total. The molecule has 0 aliphatic heterocycles. The van der Waals surface area contributed by atoms with E-state index in [4.69, 9.17) is 0 Å². The molecule has 2 aromatic rings. The van der Waals surface area contributed by atoms with Gasteiger partial charge in [-0.2, -0.15) is 13.2 Å². The van der Waals surface area contributed by atoms with Gasteiger partial charge < -0.3 is 10.6 Å². The van der Waals surface area contributed by atoms with Crippen molar-refractivity contribution in [3.05, 3.63) is 59.4 Å². The minimum absolute atomic E-state index is 0.0378. The van der Waals surface area contributed by atoms with E-state index in [1.54, 1.807) is 20.8 Å². The van der Waals surface area contributed by atoms with Crippen molar-refractivity contribution >= 4 is 23.2 Å². The fourth-order valence-corrected chi connectivity index (χ4v) is 2.49. The van der Waals surface area contributed by atoms with Crippen LogP contribution in [0, 0.1) is 11.2 Å². The molecule has 2 rings (SSSR count). The van der Waals surface area contributed by atoms with Crippen molar-refractivity contribution in [3.8, 4) is 0 Å². The molecule has 0 aliphatic rings. The first-order chi connectivity index (χ1) is 12.9. The third-order valence-electron chi connectivity index (χ3n) is 3.67. The van der Waals surface area contributed by atoms with Crippen molar-refractivity contribution in [2.75, 3.05) is 10.6 Å². The van der Waals surface area contributed by atoms with Crippen LogP contribution in [0.4, 0.5) is 28.9 Å². The monoisotopic (exact) mass is 396 g/mol. The summed E-state index contributed by atoms with van der Waals surface area (Å²) in [6.45, 7) is 5.37. The van der Waals surface area contributed by atoms with Crippen LogP contribution in [0.5, 0.6) is 0 Å². The molecule has 0 fully saturated rings. The molecule has 4 nitrogen and oxygen atoms in total. The summed E-state index contributed by atoms with van der Waals surface area (Å²) >= 11 is 0. The zero-order chi connectivity index (χ0) is 21.1. The Morgan fingerprint density at radius 3 is 2.18 bits per heavy atom. The number of hydrogen-bond acceptors (Lipinski definition) is 2. The van der Waals surface area contributed by atoms with E-state index in [0.717, 1.165) is 12.1 Å². The Hall–Kier alpha value is -2.90. The Morgan fingerprint density at radius 1 is 0.964 bits per heavy atom. The summed E-state index contributed by atoms with van der Waals surface area (Å²) in [5.41, 5.74) is -2.38. The summed E-state index contributed by atoms with van der Waals surface area (Å²) < 4.78 is 53.9. The van der Waals surface area contributed by atoms with Gasteiger partial charge in [-0.1, -0.05) is 32.9 Å². The van der Waals surface area contributed by atoms with Gasteiger partial charge in [-0.05, 0) is 35.7 Å². The average molecular weight is 396 g/mol. The Kier molecular flexibility index (Phi) is 6.11. The number of carbonyl (C=O) groups excluding carboxylic acids is 2. The van der Waals surface area contributed by atoms with E-state index < -0.39 is 40.5 Å². The predicted molar refractivity (Wildman–Crippen MR) is 98.5 cm³/mol. The maximum atomic E-state index is 13.7. The molecule has 8 heteroatoms. The molecule has 2 amide bonds. The van der Waals surface area contributed by atoms with E-state index in [2.05, 4.69) is 10.6 Å². The van der Waals surface area contributed by atoms with Crippen molar-refractivity contribution < 1.29 is 27.2 Å². The molecule has 0 saturated carbocycles. The smallest absolute Gasteiger partial charge is 0.325 e. The SMILES string of the molecule is CC(C)(C)CC(=O)Nc1ccc(NC(=O)c2ccccc2F)cc1C(F)(F)F. The predicted octanol–water partition coefficient (Wildman–Crippen LogP) is 5.47. The Bertz CT molecular complexity index is 887. The maximum Gasteiger partial charge on any atom is 0.418 e. The molecule has 0 unspecified atom stereocenters. The molecule has 0 saturated heterocycles. The number of halogens is 4. The largest absolute Gasteiger partial charge is 0.418 e. The van der Waals surface area contributed by atoms with Gasteiger partial charge in [-0.15, -0.1) is 0 Å². The number of anilines is 2. The van der Waals surface area contributed by atoms with Crippen LogP contribution in [0.15, 0.2) is 42.5 Å². The van der Waals surface area contributed by atoms with Crippen LogP contribution in [0.2, 0.25) is 0 Å². The normalized spacial score (nSPS) is 11.8. The molecule has 0 spiro atoms. The van der Waals surface area contributed by atoms with Crippen LogP contribution in [0.25, 0.3) is 0 Å². The summed E-state index contributed by atoms with van der Waals surface area (Å²) in [5, 5.41) is 4.50. The minimum Gasteiger partial charge on any atom is -0.325 e. The molecule has 0 bridgehead atoms. The zero-order valence-electron chi connectivity index (χ0n) is 15.6. The van der Waals surface area contributed by atoms with Gasteiger partial charge in [0.15, 0.2) is 0 Å². The van der Waals surface area contributed by atoms with Crippen LogP contribution in [-0.4, -0.2) is 11.8 Å². The standard InChI is InChI=1S/C20H20F4N2O2/c1-19(2,3)11-17(27)26-16-9-8-12(10-14(16)20(22,23)24)25-18(28)13-6-4-5-7-15(13)21/h4-10H,11H2,1-3H3,(H,25,28)(H,26,27). The molecular weight excluding hydrogens is 376 g/mol. The van der Waals surface area contributed by atoms with Gasteiger partial charge in [-0.3, -0.25) is 9.59 Å². The van der Waals surface area contributed by atoms with Gasteiger partial charge in [-0.25, -0.2) is 4.39 Å². The lowest BCUT2D eigenvalue weighted by molar-refractivity contribution is -0.136. The number of amides is 2. The summed E-state index contributed by atoms with van der Waals surface area (Å²) in [6.07, 6.45) is -4.72. The highest BCUT2D eigenvalue weighted by Gasteiger charge is 2.34. The Balaban J connectivity index is 2.28. The molecule has 0 atom stereocenters. The Labute approximate surface area is 159 Å². The van der Waals surface area contributed by atoms with Gasteiger partial charge in [0, 0.05) is 12.1 Å². The van der Waals surface area contributed by atoms with E-state index in [0.29, 0.717) is 6.07 Å². The number of hydrogen-bond donors (Lipinski definition) is 2. The number of rotatable bonds is 4. The molecule has 0 radical (unpaired) electrons. The summed E-state index contributed by atoms with van der Waals surface area (Å²) in [6, 6.07) is 8.09. The molecule has 0 aliphatic carbocycles. The van der Waals surface area contributed by atoms with Crippen molar-refractivity contribution in [2.45, 2.75) is 33.4 Å². The fourth-order valence-electron chi connectivity index (χ4n) is 2.49. The highest BCUT2D eigenvalue weighted by atomic mass is 19.4. The molecule has 0 aromatic heterocycles. The summed E-state index contributed by atoms with van der Waals surface area (Å²) in [7, 11) is 0. The van der Waals surface area contributed by atoms with Crippen molar-refractivity contribution in [2.24, 2.45) is 5.41 Å². The van der Waals surface area contributed by atoms with E-state index >= 15 is 0 Å². The second kappa shape index (κ2) is 8.00. The van der Waals surface area contributed by atoms with Gasteiger partial charge in [0.25, 0.3) is 5.91 Å². The number of alkyl halides is 3. The number of benzene rings is 2. The minimum atomic E-state index is -4.76. The van der Waals surface area contributed by atoms with Crippen molar-refractivity contribution in [1.29, 1.82) is 0 Å². The summed E-state index contributed by atoms with van der Waals surface area (Å²) in [5.74, 6) is -2.22. The quantitative estimate of drug-likeness (QED) is 0.673. The third-order valence-corrected chi connectivity index (χ3v) is 3.67. The Morgan fingerprint density at radius 2 is 1.61 bits per heavy atom. The van der Waals surface area contributed by atoms with Gasteiger partial charge in [0.2, 0.25) is 5.91 Å². The van der Waals surface area contributed by atoms with E-state index in [1.165, 1.54) is 24.3 Å². The highest BCUT2D eigenvalue weighted by molar-refractivity contribution is 6.04. The fraction of sp³-hybridized carbons (Fsp3) is 0.300. The highest BCUT2D eigenvalue weighted by Crippen LogP contribution is 2.37. The first-order valence-corrected chi connectivity index (χ1v) is 8.44. The average Bonchev–Trinajstić information content (AvgIpc) is 2.53. The number of carbonyl (C=O) groups is 2. The van der Waals surface area contributed by atoms with Crippen molar-refractivity contribution in [1.82, 2.24) is 0 Å². The van der Waals surface area contributed by atoms with Crippen LogP contribution < -0.4 is 10.6 Å². The topological polar surface area (TPSA) is 58.2 Å². The number of nitrogens with one attached hydrogen (secondary N) is 2. The van der Waals surface area contributed by atoms with Gasteiger partial charge in [0.1, 0.15) is 5.82 Å². The lowest BCUT2D eigenvalue weighted by atomic mass is 9.92. The third kappa shape index (κ3) is 5.80. The van der Waals surface area contributed by atoms with Crippen LogP contribution in [-0.2, 0) is 11.0 Å². The lowest BCUT2D eigenvalue weighted by Gasteiger charge is -2.19. The first-order valence-electron chi connectivity index (χ1n) is 8.44.